The number of hydrogen-bond acceptors (Lipinski definition) is 2. The van der Waals surface area contributed by atoms with Crippen molar-refractivity contribution < 1.29 is 4.79 Å². The van der Waals surface area contributed by atoms with E-state index in [9.17, 15) is 4.79 Å². The smallest absolute Gasteiger partial charge is 0.226 e. The maximum absolute atomic E-state index is 11.1. The monoisotopic (exact) mass is 144 g/mol. The van der Waals surface area contributed by atoms with Crippen LogP contribution in [0.25, 0.3) is 0 Å². The van der Waals surface area contributed by atoms with Gasteiger partial charge in [-0.3, -0.25) is 4.79 Å². The molecule has 3 nitrogen and oxygen atoms in total. The SMILES string of the molecule is CCC(C)(C)C(=O)NCN. The van der Waals surface area contributed by atoms with Crippen molar-refractivity contribution in [3.8, 4) is 0 Å². The molecular weight excluding hydrogens is 128 g/mol. The topological polar surface area (TPSA) is 55.1 Å². The van der Waals surface area contributed by atoms with Crippen LogP contribution >= 0.6 is 0 Å². The van der Waals surface area contributed by atoms with Gasteiger partial charge in [-0.2, -0.15) is 0 Å². The third kappa shape index (κ3) is 2.35. The van der Waals surface area contributed by atoms with Crippen LogP contribution in [0.4, 0.5) is 0 Å². The van der Waals surface area contributed by atoms with E-state index in [1.54, 1.807) is 0 Å². The highest BCUT2D eigenvalue weighted by Gasteiger charge is 2.23. The summed E-state index contributed by atoms with van der Waals surface area (Å²) in [6.07, 6.45) is 0.832. The first-order valence-electron chi connectivity index (χ1n) is 3.53. The van der Waals surface area contributed by atoms with Crippen LogP contribution in [0, 0.1) is 5.41 Å². The van der Waals surface area contributed by atoms with Gasteiger partial charge in [0.05, 0.1) is 6.67 Å². The molecule has 0 atom stereocenters. The van der Waals surface area contributed by atoms with Gasteiger partial charge in [0.2, 0.25) is 5.91 Å². The second-order valence-corrected chi connectivity index (χ2v) is 2.95. The summed E-state index contributed by atoms with van der Waals surface area (Å²) < 4.78 is 0. The predicted molar refractivity (Wildman–Crippen MR) is 41.3 cm³/mol. The fourth-order valence-corrected chi connectivity index (χ4v) is 0.493. The first kappa shape index (κ1) is 9.43. The van der Waals surface area contributed by atoms with Crippen LogP contribution in [0.15, 0.2) is 0 Å². The molecule has 60 valence electrons. The molecule has 3 heteroatoms. The van der Waals surface area contributed by atoms with Gasteiger partial charge in [-0.15, -0.1) is 0 Å². The van der Waals surface area contributed by atoms with Crippen molar-refractivity contribution in [2.24, 2.45) is 11.1 Å². The van der Waals surface area contributed by atoms with E-state index in [1.165, 1.54) is 0 Å². The quantitative estimate of drug-likeness (QED) is 0.565. The number of carbonyl (C=O) groups is 1. The zero-order valence-corrected chi connectivity index (χ0v) is 6.90. The van der Waals surface area contributed by atoms with Crippen molar-refractivity contribution in [3.63, 3.8) is 0 Å². The van der Waals surface area contributed by atoms with Crippen LogP contribution in [0.1, 0.15) is 27.2 Å². The molecule has 0 saturated heterocycles. The number of rotatable bonds is 3. The van der Waals surface area contributed by atoms with E-state index in [0.717, 1.165) is 6.42 Å². The average molecular weight is 144 g/mol. The summed E-state index contributed by atoms with van der Waals surface area (Å²) in [5.74, 6) is 0.0255. The van der Waals surface area contributed by atoms with E-state index in [2.05, 4.69) is 5.32 Å². The van der Waals surface area contributed by atoms with Crippen molar-refractivity contribution in [1.82, 2.24) is 5.32 Å². The van der Waals surface area contributed by atoms with Crippen LogP contribution in [-0.4, -0.2) is 12.6 Å². The van der Waals surface area contributed by atoms with Gasteiger partial charge >= 0.3 is 0 Å². The first-order valence-corrected chi connectivity index (χ1v) is 3.53. The molecule has 3 N–H and O–H groups in total. The van der Waals surface area contributed by atoms with Crippen molar-refractivity contribution >= 4 is 5.91 Å². The summed E-state index contributed by atoms with van der Waals surface area (Å²) in [5.41, 5.74) is 4.87. The lowest BCUT2D eigenvalue weighted by Gasteiger charge is -2.20. The Kier molecular flexibility index (Phi) is 3.36. The molecule has 0 spiro atoms. The van der Waals surface area contributed by atoms with Crippen LogP contribution in [0.3, 0.4) is 0 Å². The Bertz CT molecular complexity index is 121. The van der Waals surface area contributed by atoms with Gasteiger partial charge in [-0.25, -0.2) is 0 Å². The zero-order valence-electron chi connectivity index (χ0n) is 6.90. The molecule has 0 aromatic heterocycles. The summed E-state index contributed by atoms with van der Waals surface area (Å²) in [6.45, 7) is 6.01. The molecule has 0 fully saturated rings. The summed E-state index contributed by atoms with van der Waals surface area (Å²) >= 11 is 0. The highest BCUT2D eigenvalue weighted by molar-refractivity contribution is 5.81. The molecular formula is C7H16N2O. The van der Waals surface area contributed by atoms with Crippen LogP contribution in [0.2, 0.25) is 0 Å². The maximum Gasteiger partial charge on any atom is 0.226 e. The van der Waals surface area contributed by atoms with Crippen molar-refractivity contribution in [3.05, 3.63) is 0 Å². The van der Waals surface area contributed by atoms with Gasteiger partial charge < -0.3 is 11.1 Å². The third-order valence-corrected chi connectivity index (χ3v) is 1.76. The van der Waals surface area contributed by atoms with Crippen molar-refractivity contribution in [2.45, 2.75) is 27.2 Å². The van der Waals surface area contributed by atoms with Gasteiger partial charge in [0.25, 0.3) is 0 Å². The highest BCUT2D eigenvalue weighted by Crippen LogP contribution is 2.18. The molecule has 0 aliphatic heterocycles. The summed E-state index contributed by atoms with van der Waals surface area (Å²) in [4.78, 5) is 11.1. The molecule has 0 aliphatic carbocycles. The highest BCUT2D eigenvalue weighted by atomic mass is 16.2. The van der Waals surface area contributed by atoms with E-state index in [-0.39, 0.29) is 18.0 Å². The first-order chi connectivity index (χ1) is 4.54. The minimum atomic E-state index is -0.278. The Labute approximate surface area is 62.0 Å². The predicted octanol–water partition coefficient (Wildman–Crippen LogP) is 0.455. The normalized spacial score (nSPS) is 11.2. The third-order valence-electron chi connectivity index (χ3n) is 1.76. The fraction of sp³-hybridized carbons (Fsp3) is 0.857. The molecule has 0 radical (unpaired) electrons. The molecule has 0 aromatic carbocycles. The van der Waals surface area contributed by atoms with E-state index < -0.39 is 0 Å². The standard InChI is InChI=1S/C7H16N2O/c1-4-7(2,3)6(10)9-5-8/h4-5,8H2,1-3H3,(H,9,10). The molecule has 10 heavy (non-hydrogen) atoms. The molecule has 0 bridgehead atoms. The lowest BCUT2D eigenvalue weighted by atomic mass is 9.89. The minimum absolute atomic E-state index is 0.0255. The van der Waals surface area contributed by atoms with E-state index in [0.29, 0.717) is 0 Å². The Balaban J connectivity index is 3.91. The summed E-state index contributed by atoms with van der Waals surface area (Å²) in [7, 11) is 0. The van der Waals surface area contributed by atoms with Gasteiger partial charge in [0, 0.05) is 5.41 Å². The summed E-state index contributed by atoms with van der Waals surface area (Å²) in [6, 6.07) is 0. The van der Waals surface area contributed by atoms with Gasteiger partial charge in [-0.1, -0.05) is 20.8 Å². The Hall–Kier alpha value is -0.570. The Morgan fingerprint density at radius 2 is 2.10 bits per heavy atom. The summed E-state index contributed by atoms with van der Waals surface area (Å²) in [5, 5.41) is 2.58. The van der Waals surface area contributed by atoms with E-state index in [1.807, 2.05) is 20.8 Å². The largest absolute Gasteiger partial charge is 0.343 e. The van der Waals surface area contributed by atoms with Crippen molar-refractivity contribution in [2.75, 3.05) is 6.67 Å². The minimum Gasteiger partial charge on any atom is -0.343 e. The lowest BCUT2D eigenvalue weighted by Crippen LogP contribution is -2.39. The zero-order chi connectivity index (χ0) is 8.20. The van der Waals surface area contributed by atoms with Gasteiger partial charge in [0.15, 0.2) is 0 Å². The second kappa shape index (κ2) is 3.56. The molecule has 1 amide bonds. The number of nitrogens with one attached hydrogen (secondary N) is 1. The average Bonchev–Trinajstić information content (AvgIpc) is 1.89. The maximum atomic E-state index is 11.1. The Morgan fingerprint density at radius 3 is 2.40 bits per heavy atom. The van der Waals surface area contributed by atoms with E-state index >= 15 is 0 Å². The van der Waals surface area contributed by atoms with Crippen LogP contribution < -0.4 is 11.1 Å². The molecule has 0 rings (SSSR count). The fourth-order valence-electron chi connectivity index (χ4n) is 0.493. The molecule has 0 heterocycles. The Morgan fingerprint density at radius 1 is 1.60 bits per heavy atom. The van der Waals surface area contributed by atoms with E-state index in [4.69, 9.17) is 5.73 Å². The number of amides is 1. The van der Waals surface area contributed by atoms with Crippen LogP contribution in [0.5, 0.6) is 0 Å². The molecule has 0 aliphatic rings. The lowest BCUT2D eigenvalue weighted by molar-refractivity contribution is -0.129. The number of nitrogens with two attached hydrogens (primary N) is 1. The van der Waals surface area contributed by atoms with Crippen LogP contribution in [-0.2, 0) is 4.79 Å². The second-order valence-electron chi connectivity index (χ2n) is 2.95. The molecule has 0 unspecified atom stereocenters. The molecule has 0 aromatic rings. The van der Waals surface area contributed by atoms with Crippen molar-refractivity contribution in [1.29, 1.82) is 0 Å². The van der Waals surface area contributed by atoms with Gasteiger partial charge in [-0.05, 0) is 6.42 Å². The van der Waals surface area contributed by atoms with Gasteiger partial charge in [0.1, 0.15) is 0 Å². The number of carbonyl (C=O) groups excluding carboxylic acids is 1. The molecule has 0 saturated carbocycles. The number of hydrogen-bond donors (Lipinski definition) is 2.